The number of aromatic nitrogens is 1. The summed E-state index contributed by atoms with van der Waals surface area (Å²) in [6.07, 6.45) is 5.45. The van der Waals surface area contributed by atoms with Crippen LogP contribution < -0.4 is 10.6 Å². The average Bonchev–Trinajstić information content (AvgIpc) is 3.09. The third-order valence-corrected chi connectivity index (χ3v) is 6.11. The summed E-state index contributed by atoms with van der Waals surface area (Å²) in [5.74, 6) is 0. The van der Waals surface area contributed by atoms with Gasteiger partial charge in [-0.2, -0.15) is 0 Å². The molecular weight excluding hydrogens is 350 g/mol. The van der Waals surface area contributed by atoms with E-state index in [9.17, 15) is 4.79 Å². The van der Waals surface area contributed by atoms with Gasteiger partial charge in [0.25, 0.3) is 0 Å². The molecule has 1 aromatic carbocycles. The second-order valence-corrected chi connectivity index (χ2v) is 7.76. The van der Waals surface area contributed by atoms with Gasteiger partial charge in [0.05, 0.1) is 6.04 Å². The highest BCUT2D eigenvalue weighted by Gasteiger charge is 2.35. The van der Waals surface area contributed by atoms with Gasteiger partial charge in [0.15, 0.2) is 0 Å². The number of anilines is 1. The first-order valence-electron chi connectivity index (χ1n) is 10.4. The first kappa shape index (κ1) is 18.9. The first-order valence-corrected chi connectivity index (χ1v) is 10.4. The molecule has 1 aromatic heterocycles. The summed E-state index contributed by atoms with van der Waals surface area (Å²) in [5, 5.41) is 8.09. The fourth-order valence-corrected chi connectivity index (χ4v) is 4.72. The van der Waals surface area contributed by atoms with Gasteiger partial charge in [-0.1, -0.05) is 6.08 Å². The summed E-state index contributed by atoms with van der Waals surface area (Å²) in [4.78, 5) is 20.3. The van der Waals surface area contributed by atoms with Gasteiger partial charge in [-0.05, 0) is 57.5 Å². The Balaban J connectivity index is 1.76. The topological polar surface area (TPSA) is 63.4 Å². The number of carbonyl (C=O) groups is 1. The van der Waals surface area contributed by atoms with Crippen molar-refractivity contribution in [3.05, 3.63) is 35.5 Å². The molecule has 0 bridgehead atoms. The second-order valence-electron chi connectivity index (χ2n) is 7.76. The van der Waals surface area contributed by atoms with E-state index in [1.165, 1.54) is 33.3 Å². The lowest BCUT2D eigenvalue weighted by atomic mass is 9.80. The molecule has 2 atom stereocenters. The molecule has 2 aromatic rings. The molecule has 2 aliphatic rings. The Kier molecular flexibility index (Phi) is 5.06. The molecule has 1 aliphatic carbocycles. The van der Waals surface area contributed by atoms with Crippen molar-refractivity contribution in [3.63, 3.8) is 0 Å². The molecule has 150 valence electrons. The Bertz CT molecular complexity index is 911. The van der Waals surface area contributed by atoms with Crippen molar-refractivity contribution in [3.8, 4) is 0 Å². The van der Waals surface area contributed by atoms with Gasteiger partial charge in [0.1, 0.15) is 0 Å². The van der Waals surface area contributed by atoms with Crippen molar-refractivity contribution in [2.45, 2.75) is 39.3 Å². The number of nitrogens with zero attached hydrogens (tertiary/aromatic N) is 2. The molecule has 6 heteroatoms. The second kappa shape index (κ2) is 7.51. The number of urea groups is 1. The van der Waals surface area contributed by atoms with Crippen molar-refractivity contribution >= 4 is 28.2 Å². The smallest absolute Gasteiger partial charge is 0.317 e. The normalized spacial score (nSPS) is 21.2. The van der Waals surface area contributed by atoms with E-state index in [1.54, 1.807) is 0 Å². The lowest BCUT2D eigenvalue weighted by Gasteiger charge is -2.41. The van der Waals surface area contributed by atoms with Crippen molar-refractivity contribution < 1.29 is 4.79 Å². The molecule has 2 heterocycles. The summed E-state index contributed by atoms with van der Waals surface area (Å²) in [6.45, 7) is 9.32. The van der Waals surface area contributed by atoms with Crippen molar-refractivity contribution in [1.82, 2.24) is 20.1 Å². The van der Waals surface area contributed by atoms with Crippen molar-refractivity contribution in [2.24, 2.45) is 0 Å². The number of amides is 2. The number of fused-ring (bicyclic) bond motifs is 2. The number of hydrogen-bond acceptors (Lipinski definition) is 3. The Morgan fingerprint density at radius 1 is 1.29 bits per heavy atom. The third kappa shape index (κ3) is 3.05. The van der Waals surface area contributed by atoms with E-state index in [1.807, 2.05) is 18.7 Å². The predicted octanol–water partition coefficient (Wildman–Crippen LogP) is 3.27. The van der Waals surface area contributed by atoms with E-state index in [4.69, 9.17) is 0 Å². The molecule has 0 saturated heterocycles. The number of aromatic amines is 1. The lowest BCUT2D eigenvalue weighted by molar-refractivity contribution is 0.193. The minimum absolute atomic E-state index is 0.00887. The molecular formula is C22H31N5O. The van der Waals surface area contributed by atoms with Crippen LogP contribution in [0.15, 0.2) is 24.4 Å². The fraction of sp³-hybridized carbons (Fsp3) is 0.500. The number of nitrogens with one attached hydrogen (secondary N) is 3. The highest BCUT2D eigenvalue weighted by molar-refractivity contribution is 6.03. The average molecular weight is 382 g/mol. The molecule has 0 radical (unpaired) electrons. The zero-order valence-electron chi connectivity index (χ0n) is 17.3. The Morgan fingerprint density at radius 3 is 2.79 bits per heavy atom. The zero-order valence-corrected chi connectivity index (χ0v) is 17.3. The molecule has 28 heavy (non-hydrogen) atoms. The van der Waals surface area contributed by atoms with Gasteiger partial charge in [-0.25, -0.2) is 4.79 Å². The first-order chi connectivity index (χ1) is 13.6. The zero-order chi connectivity index (χ0) is 19.8. The lowest BCUT2D eigenvalue weighted by Crippen LogP contribution is -2.52. The van der Waals surface area contributed by atoms with Gasteiger partial charge in [0, 0.05) is 60.6 Å². The summed E-state index contributed by atoms with van der Waals surface area (Å²) in [5.41, 5.74) is 6.36. The number of benzene rings is 1. The molecule has 0 spiro atoms. The Labute approximate surface area is 167 Å². The van der Waals surface area contributed by atoms with E-state index >= 15 is 0 Å². The van der Waals surface area contributed by atoms with Crippen LogP contribution in [0, 0.1) is 0 Å². The number of likely N-dealkylation sites (N-methyl/N-ethyl adjacent to an activating group) is 1. The maximum Gasteiger partial charge on any atom is 0.317 e. The van der Waals surface area contributed by atoms with Crippen LogP contribution >= 0.6 is 0 Å². The SMILES string of the molecule is CCNc1ccc2[nH]cc3c2c1C1=C[C@H](NC(=O)N(CC)CC)CN(C)[C@@H]1C3. The van der Waals surface area contributed by atoms with Crippen LogP contribution in [0.1, 0.15) is 31.9 Å². The van der Waals surface area contributed by atoms with E-state index in [2.05, 4.69) is 58.9 Å². The van der Waals surface area contributed by atoms with E-state index in [0.29, 0.717) is 6.04 Å². The molecule has 4 rings (SSSR count). The quantitative estimate of drug-likeness (QED) is 0.745. The van der Waals surface area contributed by atoms with Gasteiger partial charge in [0.2, 0.25) is 0 Å². The highest BCUT2D eigenvalue weighted by atomic mass is 16.2. The fourth-order valence-electron chi connectivity index (χ4n) is 4.72. The minimum atomic E-state index is 0.00887. The van der Waals surface area contributed by atoms with Crippen LogP contribution in [0.4, 0.5) is 10.5 Å². The van der Waals surface area contributed by atoms with Gasteiger partial charge >= 0.3 is 6.03 Å². The summed E-state index contributed by atoms with van der Waals surface area (Å²) < 4.78 is 0. The van der Waals surface area contributed by atoms with Crippen LogP contribution in [0.3, 0.4) is 0 Å². The molecule has 2 amide bonds. The Morgan fingerprint density at radius 2 is 2.07 bits per heavy atom. The standard InChI is InChI=1S/C22H31N5O/c1-5-23-18-9-8-17-20-14(12-24-17)10-19-16(21(18)20)11-15(13-26(19)4)25-22(28)27(6-2)7-3/h8-9,11-12,15,19,23-24H,5-7,10,13H2,1-4H3,(H,25,28)/t15-,19+/m0/s1. The van der Waals surface area contributed by atoms with Gasteiger partial charge in [-0.3, -0.25) is 4.90 Å². The monoisotopic (exact) mass is 381 g/mol. The van der Waals surface area contributed by atoms with Crippen LogP contribution in [0.25, 0.3) is 16.5 Å². The van der Waals surface area contributed by atoms with Crippen molar-refractivity contribution in [1.29, 1.82) is 0 Å². The van der Waals surface area contributed by atoms with Crippen LogP contribution in [-0.4, -0.2) is 66.1 Å². The number of hydrogen-bond donors (Lipinski definition) is 3. The molecule has 3 N–H and O–H groups in total. The van der Waals surface area contributed by atoms with Crippen molar-refractivity contribution in [2.75, 3.05) is 38.5 Å². The summed E-state index contributed by atoms with van der Waals surface area (Å²) in [6, 6.07) is 4.69. The molecule has 6 nitrogen and oxygen atoms in total. The maximum absolute atomic E-state index is 12.6. The predicted molar refractivity (Wildman–Crippen MR) is 116 cm³/mol. The maximum atomic E-state index is 12.6. The molecule has 1 aliphatic heterocycles. The summed E-state index contributed by atoms with van der Waals surface area (Å²) >= 11 is 0. The molecule has 0 unspecified atom stereocenters. The molecule has 0 saturated carbocycles. The van der Waals surface area contributed by atoms with Gasteiger partial charge in [-0.15, -0.1) is 0 Å². The highest BCUT2D eigenvalue weighted by Crippen LogP contribution is 2.43. The van der Waals surface area contributed by atoms with E-state index in [0.717, 1.165) is 32.6 Å². The largest absolute Gasteiger partial charge is 0.385 e. The van der Waals surface area contributed by atoms with Crippen LogP contribution in [0.5, 0.6) is 0 Å². The number of rotatable bonds is 5. The molecule has 0 fully saturated rings. The minimum Gasteiger partial charge on any atom is -0.385 e. The van der Waals surface area contributed by atoms with Crippen LogP contribution in [-0.2, 0) is 6.42 Å². The van der Waals surface area contributed by atoms with E-state index < -0.39 is 0 Å². The Hall–Kier alpha value is -2.47. The number of carbonyl (C=O) groups excluding carboxylic acids is 1. The van der Waals surface area contributed by atoms with E-state index in [-0.39, 0.29) is 12.1 Å². The third-order valence-electron chi connectivity index (χ3n) is 6.11. The van der Waals surface area contributed by atoms with Gasteiger partial charge < -0.3 is 20.5 Å². The number of H-pyrrole nitrogens is 1. The van der Waals surface area contributed by atoms with Crippen LogP contribution in [0.2, 0.25) is 0 Å². The summed E-state index contributed by atoms with van der Waals surface area (Å²) in [7, 11) is 2.17.